The number of hydrogen-bond donors (Lipinski definition) is 0. The zero-order chi connectivity index (χ0) is 23.8. The van der Waals surface area contributed by atoms with E-state index in [4.69, 9.17) is 4.74 Å². The molecule has 0 bridgehead atoms. The molecule has 172 valence electrons. The van der Waals surface area contributed by atoms with Gasteiger partial charge in [0, 0.05) is 30.3 Å². The molecule has 1 aromatic heterocycles. The van der Waals surface area contributed by atoms with Crippen LogP contribution in [-0.4, -0.2) is 22.8 Å². The molecule has 6 nitrogen and oxygen atoms in total. The van der Waals surface area contributed by atoms with Crippen molar-refractivity contribution < 1.29 is 9.53 Å². The normalized spacial score (nSPS) is 10.6. The first-order valence-electron chi connectivity index (χ1n) is 11.3. The maximum Gasteiger partial charge on any atom is 0.266 e. The summed E-state index contributed by atoms with van der Waals surface area (Å²) in [5, 5.41) is 4.51. The number of ether oxygens (including phenoxy) is 1. The highest BCUT2D eigenvalue weighted by molar-refractivity contribution is 5.93. The van der Waals surface area contributed by atoms with Crippen LogP contribution in [0.5, 0.6) is 5.75 Å². The Morgan fingerprint density at radius 1 is 0.912 bits per heavy atom. The lowest BCUT2D eigenvalue weighted by atomic mass is 10.1. The third-order valence-corrected chi connectivity index (χ3v) is 5.55. The van der Waals surface area contributed by atoms with Crippen LogP contribution in [0.4, 0.5) is 5.69 Å². The number of aromatic nitrogens is 2. The molecule has 6 heteroatoms. The van der Waals surface area contributed by atoms with Crippen LogP contribution in [0.1, 0.15) is 18.4 Å². The number of aryl methyl sites for hydroxylation is 1. The van der Waals surface area contributed by atoms with E-state index in [1.807, 2.05) is 84.9 Å². The van der Waals surface area contributed by atoms with Crippen molar-refractivity contribution in [3.63, 3.8) is 0 Å². The van der Waals surface area contributed by atoms with Crippen LogP contribution in [0.2, 0.25) is 0 Å². The molecule has 0 N–H and O–H groups in total. The fourth-order valence-corrected chi connectivity index (χ4v) is 3.76. The molecule has 1 heterocycles. The average molecular weight is 454 g/mol. The molecule has 0 spiro atoms. The number of methoxy groups -OCH3 is 1. The van der Waals surface area contributed by atoms with Crippen molar-refractivity contribution in [1.29, 1.82) is 0 Å². The number of nitrogens with zero attached hydrogens (tertiary/aromatic N) is 3. The second kappa shape index (κ2) is 11.1. The van der Waals surface area contributed by atoms with Crippen molar-refractivity contribution in [2.75, 3.05) is 12.0 Å². The van der Waals surface area contributed by atoms with Gasteiger partial charge in [0.25, 0.3) is 5.56 Å². The van der Waals surface area contributed by atoms with Gasteiger partial charge in [0.15, 0.2) is 0 Å². The van der Waals surface area contributed by atoms with Crippen LogP contribution in [-0.2, 0) is 17.9 Å². The number of hydrogen-bond acceptors (Lipinski definition) is 4. The Bertz CT molecular complexity index is 1290. The van der Waals surface area contributed by atoms with Gasteiger partial charge in [0.05, 0.1) is 19.3 Å². The molecular weight excluding hydrogens is 426 g/mol. The van der Waals surface area contributed by atoms with Gasteiger partial charge >= 0.3 is 0 Å². The summed E-state index contributed by atoms with van der Waals surface area (Å²) in [5.74, 6) is 0.731. The molecule has 34 heavy (non-hydrogen) atoms. The monoisotopic (exact) mass is 453 g/mol. The Morgan fingerprint density at radius 3 is 2.38 bits per heavy atom. The maximum atomic E-state index is 13.2. The van der Waals surface area contributed by atoms with E-state index in [1.54, 1.807) is 18.1 Å². The van der Waals surface area contributed by atoms with E-state index in [1.165, 1.54) is 10.7 Å². The molecule has 1 amide bonds. The number of para-hydroxylation sites is 1. The highest BCUT2D eigenvalue weighted by Gasteiger charge is 2.16. The lowest BCUT2D eigenvalue weighted by Gasteiger charge is -2.23. The molecule has 4 rings (SSSR count). The zero-order valence-electron chi connectivity index (χ0n) is 19.1. The van der Waals surface area contributed by atoms with E-state index in [0.717, 1.165) is 22.6 Å². The molecule has 0 aliphatic carbocycles. The van der Waals surface area contributed by atoms with Crippen molar-refractivity contribution >= 4 is 11.6 Å². The Hall–Kier alpha value is -4.19. The van der Waals surface area contributed by atoms with E-state index in [0.29, 0.717) is 31.6 Å². The van der Waals surface area contributed by atoms with Crippen molar-refractivity contribution in [2.24, 2.45) is 0 Å². The van der Waals surface area contributed by atoms with E-state index in [-0.39, 0.29) is 11.5 Å². The maximum absolute atomic E-state index is 13.2. The fraction of sp³-hybridized carbons (Fsp3) is 0.179. The molecule has 0 aliphatic rings. The molecule has 0 saturated carbocycles. The van der Waals surface area contributed by atoms with E-state index < -0.39 is 0 Å². The van der Waals surface area contributed by atoms with Gasteiger partial charge in [-0.25, -0.2) is 4.68 Å². The molecule has 0 aliphatic heterocycles. The molecule has 0 saturated heterocycles. The standard InChI is InChI=1S/C28H27N3O3/c1-34-25-15-8-12-23(20-25)26-17-18-28(33)31(29-26)19-9-16-27(32)30(24-13-6-3-7-14-24)21-22-10-4-2-5-11-22/h2-8,10-15,17-18,20H,9,16,19,21H2,1H3. The lowest BCUT2D eigenvalue weighted by molar-refractivity contribution is -0.118. The molecule has 3 aromatic carbocycles. The van der Waals surface area contributed by atoms with Gasteiger partial charge in [-0.05, 0) is 42.3 Å². The molecule has 0 radical (unpaired) electrons. The summed E-state index contributed by atoms with van der Waals surface area (Å²) in [7, 11) is 1.61. The van der Waals surface area contributed by atoms with Crippen LogP contribution in [0, 0.1) is 0 Å². The van der Waals surface area contributed by atoms with Crippen LogP contribution in [0.3, 0.4) is 0 Å². The summed E-state index contributed by atoms with van der Waals surface area (Å²) in [6.45, 7) is 0.851. The molecule has 0 fully saturated rings. The topological polar surface area (TPSA) is 64.4 Å². The number of carbonyl (C=O) groups is 1. The van der Waals surface area contributed by atoms with Gasteiger partial charge < -0.3 is 9.64 Å². The minimum absolute atomic E-state index is 0.00653. The summed E-state index contributed by atoms with van der Waals surface area (Å²) < 4.78 is 6.71. The molecule has 0 atom stereocenters. The lowest BCUT2D eigenvalue weighted by Crippen LogP contribution is -2.31. The smallest absolute Gasteiger partial charge is 0.266 e. The van der Waals surface area contributed by atoms with E-state index in [9.17, 15) is 9.59 Å². The Kier molecular flexibility index (Phi) is 7.50. The van der Waals surface area contributed by atoms with Crippen molar-refractivity contribution in [2.45, 2.75) is 25.9 Å². The molecule has 4 aromatic rings. The first kappa shape index (κ1) is 23.0. The number of benzene rings is 3. The number of carbonyl (C=O) groups excluding carboxylic acids is 1. The quantitative estimate of drug-likeness (QED) is 0.360. The van der Waals surface area contributed by atoms with E-state index in [2.05, 4.69) is 5.10 Å². The zero-order valence-corrected chi connectivity index (χ0v) is 19.1. The predicted molar refractivity (Wildman–Crippen MR) is 134 cm³/mol. The van der Waals surface area contributed by atoms with Crippen molar-refractivity contribution in [1.82, 2.24) is 9.78 Å². The average Bonchev–Trinajstić information content (AvgIpc) is 2.89. The summed E-state index contributed by atoms with van der Waals surface area (Å²) in [5.41, 5.74) is 3.26. The van der Waals surface area contributed by atoms with Gasteiger partial charge in [-0.3, -0.25) is 9.59 Å². The van der Waals surface area contributed by atoms with E-state index >= 15 is 0 Å². The Labute approximate surface area is 199 Å². The highest BCUT2D eigenvalue weighted by atomic mass is 16.5. The van der Waals surface area contributed by atoms with Crippen LogP contribution in [0.15, 0.2) is 102 Å². The van der Waals surface area contributed by atoms with Crippen LogP contribution >= 0.6 is 0 Å². The third kappa shape index (κ3) is 5.78. The van der Waals surface area contributed by atoms with Crippen molar-refractivity contribution in [3.05, 3.63) is 113 Å². The van der Waals surface area contributed by atoms with Gasteiger partial charge in [-0.1, -0.05) is 60.7 Å². The van der Waals surface area contributed by atoms with Gasteiger partial charge in [0.2, 0.25) is 5.91 Å². The van der Waals surface area contributed by atoms with Gasteiger partial charge in [-0.2, -0.15) is 5.10 Å². The summed E-state index contributed by atoms with van der Waals surface area (Å²) in [4.78, 5) is 27.4. The minimum Gasteiger partial charge on any atom is -0.497 e. The summed E-state index contributed by atoms with van der Waals surface area (Å²) >= 11 is 0. The fourth-order valence-electron chi connectivity index (χ4n) is 3.76. The third-order valence-electron chi connectivity index (χ3n) is 5.55. The second-order valence-corrected chi connectivity index (χ2v) is 7.92. The first-order chi connectivity index (χ1) is 16.6. The number of amides is 1. The van der Waals surface area contributed by atoms with Crippen LogP contribution in [0.25, 0.3) is 11.3 Å². The largest absolute Gasteiger partial charge is 0.497 e. The first-order valence-corrected chi connectivity index (χ1v) is 11.3. The van der Waals surface area contributed by atoms with Gasteiger partial charge in [-0.15, -0.1) is 0 Å². The summed E-state index contributed by atoms with van der Waals surface area (Å²) in [6.07, 6.45) is 0.810. The molecular formula is C28H27N3O3. The molecule has 0 unspecified atom stereocenters. The Morgan fingerprint density at radius 2 is 1.65 bits per heavy atom. The second-order valence-electron chi connectivity index (χ2n) is 7.92. The SMILES string of the molecule is COc1cccc(-c2ccc(=O)n(CCCC(=O)N(Cc3ccccc3)c3ccccc3)n2)c1. The van der Waals surface area contributed by atoms with Crippen molar-refractivity contribution in [3.8, 4) is 17.0 Å². The number of rotatable bonds is 9. The minimum atomic E-state index is -0.191. The summed E-state index contributed by atoms with van der Waals surface area (Å²) in [6, 6.07) is 30.3. The Balaban J connectivity index is 1.46. The number of anilines is 1. The van der Waals surface area contributed by atoms with Gasteiger partial charge in [0.1, 0.15) is 5.75 Å². The van der Waals surface area contributed by atoms with Crippen LogP contribution < -0.4 is 15.2 Å². The highest BCUT2D eigenvalue weighted by Crippen LogP contribution is 2.21. The predicted octanol–water partition coefficient (Wildman–Crippen LogP) is 4.93.